The molecule has 2 rings (SSSR count). The number of hydrogen-bond donors (Lipinski definition) is 3. The molecule has 0 bridgehead atoms. The van der Waals surface area contributed by atoms with Gasteiger partial charge in [-0.2, -0.15) is 0 Å². The minimum absolute atomic E-state index is 0. The number of nitrogens with zero attached hydrogens (tertiary/aromatic N) is 2. The van der Waals surface area contributed by atoms with Crippen molar-refractivity contribution in [3.8, 4) is 0 Å². The summed E-state index contributed by atoms with van der Waals surface area (Å²) in [6.45, 7) is 3.30. The van der Waals surface area contributed by atoms with Crippen LogP contribution in [0.4, 0.5) is 0 Å². The molecule has 0 aliphatic heterocycles. The van der Waals surface area contributed by atoms with Gasteiger partial charge in [-0.05, 0) is 18.4 Å². The number of thiazole rings is 1. The second-order valence-corrected chi connectivity index (χ2v) is 8.81. The number of hydrogen-bond acceptors (Lipinski definition) is 6. The summed E-state index contributed by atoms with van der Waals surface area (Å²) in [6.07, 6.45) is 1.83. The van der Waals surface area contributed by atoms with E-state index in [2.05, 4.69) is 25.3 Å². The van der Waals surface area contributed by atoms with E-state index in [4.69, 9.17) is 0 Å². The van der Waals surface area contributed by atoms with Crippen molar-refractivity contribution in [2.75, 3.05) is 20.1 Å². The van der Waals surface area contributed by atoms with Crippen molar-refractivity contribution < 1.29 is 8.42 Å². The molecule has 0 unspecified atom stereocenters. The fourth-order valence-corrected chi connectivity index (χ4v) is 4.51. The van der Waals surface area contributed by atoms with Crippen molar-refractivity contribution in [2.24, 2.45) is 4.99 Å². The molecule has 0 aliphatic carbocycles. The number of sulfonamides is 1. The van der Waals surface area contributed by atoms with Gasteiger partial charge in [0.25, 0.3) is 0 Å². The minimum atomic E-state index is -3.41. The van der Waals surface area contributed by atoms with Gasteiger partial charge in [0, 0.05) is 31.2 Å². The molecule has 2 aromatic heterocycles. The summed E-state index contributed by atoms with van der Waals surface area (Å²) >= 11 is 2.82. The molecule has 134 valence electrons. The standard InChI is InChI=1S/C13H19N5O2S3.HI/c1-10-8-16-11(22-10)9-17-13(14-2)15-5-6-18-23(19,20)12-4-3-7-21-12;/h3-4,7-8,18H,5-6,9H2,1-2H3,(H2,14,15,17);1H. The molecule has 11 heteroatoms. The van der Waals surface area contributed by atoms with Gasteiger partial charge in [-0.3, -0.25) is 4.99 Å². The number of aliphatic imine (C=N–C) groups is 1. The summed E-state index contributed by atoms with van der Waals surface area (Å²) in [6, 6.07) is 3.29. The summed E-state index contributed by atoms with van der Waals surface area (Å²) < 4.78 is 26.7. The number of rotatable bonds is 7. The van der Waals surface area contributed by atoms with Crippen molar-refractivity contribution in [3.63, 3.8) is 0 Å². The van der Waals surface area contributed by atoms with E-state index < -0.39 is 10.0 Å². The zero-order valence-corrected chi connectivity index (χ0v) is 18.1. The van der Waals surface area contributed by atoms with Gasteiger partial charge in [0.1, 0.15) is 9.22 Å². The predicted molar refractivity (Wildman–Crippen MR) is 110 cm³/mol. The number of thiophene rings is 1. The third kappa shape index (κ3) is 6.63. The van der Waals surface area contributed by atoms with Crippen molar-refractivity contribution >= 4 is 62.6 Å². The molecule has 7 nitrogen and oxygen atoms in total. The van der Waals surface area contributed by atoms with E-state index in [0.29, 0.717) is 23.3 Å². The quantitative estimate of drug-likeness (QED) is 0.233. The first-order valence-electron chi connectivity index (χ1n) is 6.90. The van der Waals surface area contributed by atoms with Crippen LogP contribution in [0.1, 0.15) is 9.88 Å². The first kappa shape index (κ1) is 21.3. The molecule has 0 saturated heterocycles. The first-order chi connectivity index (χ1) is 11.0. The van der Waals surface area contributed by atoms with Crippen LogP contribution in [0, 0.1) is 6.92 Å². The van der Waals surface area contributed by atoms with Crippen LogP contribution in [0.2, 0.25) is 0 Å². The van der Waals surface area contributed by atoms with Gasteiger partial charge in [0.05, 0.1) is 6.54 Å². The smallest absolute Gasteiger partial charge is 0.250 e. The molecule has 3 N–H and O–H groups in total. The summed E-state index contributed by atoms with van der Waals surface area (Å²) in [7, 11) is -1.75. The molecule has 2 aromatic rings. The molecule has 24 heavy (non-hydrogen) atoms. The Kier molecular flexibility index (Phi) is 9.12. The predicted octanol–water partition coefficient (Wildman–Crippen LogP) is 1.77. The lowest BCUT2D eigenvalue weighted by molar-refractivity contribution is 0.582. The fraction of sp³-hybridized carbons (Fsp3) is 0.385. The highest BCUT2D eigenvalue weighted by atomic mass is 127. The zero-order chi connectivity index (χ0) is 16.7. The molecule has 0 aliphatic rings. The summed E-state index contributed by atoms with van der Waals surface area (Å²) in [5, 5.41) is 8.90. The van der Waals surface area contributed by atoms with Gasteiger partial charge in [-0.15, -0.1) is 46.7 Å². The van der Waals surface area contributed by atoms with Gasteiger partial charge >= 0.3 is 0 Å². The van der Waals surface area contributed by atoms with Gasteiger partial charge in [0.15, 0.2) is 5.96 Å². The molecule has 0 radical (unpaired) electrons. The number of guanidine groups is 1. The van der Waals surface area contributed by atoms with E-state index in [1.165, 1.54) is 11.3 Å². The van der Waals surface area contributed by atoms with Crippen LogP contribution in [0.25, 0.3) is 0 Å². The van der Waals surface area contributed by atoms with Crippen LogP contribution in [0.5, 0.6) is 0 Å². The van der Waals surface area contributed by atoms with Crippen molar-refractivity contribution in [3.05, 3.63) is 33.6 Å². The van der Waals surface area contributed by atoms with Crippen LogP contribution in [-0.4, -0.2) is 39.5 Å². The lowest BCUT2D eigenvalue weighted by Gasteiger charge is -2.11. The SMILES string of the molecule is CN=C(NCCNS(=O)(=O)c1cccs1)NCc1ncc(C)s1.I. The maximum absolute atomic E-state index is 11.9. The molecule has 0 saturated carbocycles. The lowest BCUT2D eigenvalue weighted by atomic mass is 10.6. The van der Waals surface area contributed by atoms with Crippen molar-refractivity contribution in [2.45, 2.75) is 17.7 Å². The van der Waals surface area contributed by atoms with Crippen molar-refractivity contribution in [1.29, 1.82) is 0 Å². The third-order valence-corrected chi connectivity index (χ3v) is 6.54. The van der Waals surface area contributed by atoms with Crippen LogP contribution in [0.3, 0.4) is 0 Å². The zero-order valence-electron chi connectivity index (χ0n) is 13.3. The average molecular weight is 501 g/mol. The number of halogens is 1. The van der Waals surface area contributed by atoms with E-state index in [1.807, 2.05) is 13.1 Å². The number of nitrogens with one attached hydrogen (secondary N) is 3. The van der Waals surface area contributed by atoms with E-state index in [0.717, 1.165) is 9.88 Å². The first-order valence-corrected chi connectivity index (χ1v) is 10.1. The van der Waals surface area contributed by atoms with Gasteiger partial charge in [-0.1, -0.05) is 6.07 Å². The molecule has 0 amide bonds. The van der Waals surface area contributed by atoms with Gasteiger partial charge in [-0.25, -0.2) is 18.1 Å². The Morgan fingerprint density at radius 1 is 1.33 bits per heavy atom. The Bertz CT molecular complexity index is 744. The van der Waals surface area contributed by atoms with Crippen molar-refractivity contribution in [1.82, 2.24) is 20.3 Å². The Morgan fingerprint density at radius 2 is 2.12 bits per heavy atom. The minimum Gasteiger partial charge on any atom is -0.355 e. The van der Waals surface area contributed by atoms with Crippen LogP contribution < -0.4 is 15.4 Å². The fourth-order valence-electron chi connectivity index (χ4n) is 1.72. The molecule has 0 atom stereocenters. The normalized spacial score (nSPS) is 11.8. The maximum atomic E-state index is 11.9. The average Bonchev–Trinajstić information content (AvgIpc) is 3.18. The highest BCUT2D eigenvalue weighted by Gasteiger charge is 2.13. The largest absolute Gasteiger partial charge is 0.355 e. The third-order valence-electron chi connectivity index (χ3n) is 2.77. The molecule has 0 aromatic carbocycles. The van der Waals surface area contributed by atoms with E-state index >= 15 is 0 Å². The molecular weight excluding hydrogens is 481 g/mol. The van der Waals surface area contributed by atoms with Gasteiger partial charge < -0.3 is 10.6 Å². The molecular formula is C13H20IN5O2S3. The Morgan fingerprint density at radius 3 is 2.71 bits per heavy atom. The second-order valence-electron chi connectivity index (χ2n) is 4.55. The lowest BCUT2D eigenvalue weighted by Crippen LogP contribution is -2.41. The Labute approximate surface area is 167 Å². The Hall–Kier alpha value is -0.760. The highest BCUT2D eigenvalue weighted by Crippen LogP contribution is 2.14. The summed E-state index contributed by atoms with van der Waals surface area (Å²) in [5.41, 5.74) is 0. The second kappa shape index (κ2) is 10.3. The van der Waals surface area contributed by atoms with Gasteiger partial charge in [0.2, 0.25) is 10.0 Å². The highest BCUT2D eigenvalue weighted by molar-refractivity contribution is 14.0. The monoisotopic (exact) mass is 501 g/mol. The molecule has 0 fully saturated rings. The molecule has 0 spiro atoms. The van der Waals surface area contributed by atoms with E-state index in [9.17, 15) is 8.42 Å². The number of aromatic nitrogens is 1. The van der Waals surface area contributed by atoms with Crippen LogP contribution >= 0.6 is 46.7 Å². The molecule has 2 heterocycles. The van der Waals surface area contributed by atoms with E-state index in [1.54, 1.807) is 35.9 Å². The summed E-state index contributed by atoms with van der Waals surface area (Å²) in [4.78, 5) is 9.51. The Balaban J connectivity index is 0.00000288. The number of aryl methyl sites for hydroxylation is 1. The van der Waals surface area contributed by atoms with E-state index in [-0.39, 0.29) is 30.5 Å². The maximum Gasteiger partial charge on any atom is 0.250 e. The van der Waals surface area contributed by atoms with Crippen LogP contribution in [0.15, 0.2) is 32.9 Å². The topological polar surface area (TPSA) is 95.5 Å². The van der Waals surface area contributed by atoms with Crippen LogP contribution in [-0.2, 0) is 16.6 Å². The summed E-state index contributed by atoms with van der Waals surface area (Å²) in [5.74, 6) is 0.605.